The lowest BCUT2D eigenvalue weighted by Crippen LogP contribution is -2.06. The molecule has 0 heterocycles. The molecule has 2 aromatic carbocycles. The highest BCUT2D eigenvalue weighted by molar-refractivity contribution is 8.00. The number of aryl methyl sites for hydroxylation is 3. The van der Waals surface area contributed by atoms with Crippen LogP contribution in [0.3, 0.4) is 0 Å². The van der Waals surface area contributed by atoms with Gasteiger partial charge in [0, 0.05) is 15.5 Å². The van der Waals surface area contributed by atoms with Crippen LogP contribution in [-0.4, -0.2) is 11.5 Å². The fourth-order valence-corrected chi connectivity index (χ4v) is 3.14. The number of hydrogen-bond acceptors (Lipinski definition) is 2. The largest absolute Gasteiger partial charge is 0.293 e. The Hall–Kier alpha value is -1.25. The minimum atomic E-state index is 0.163. The predicted octanol–water partition coefficient (Wildman–Crippen LogP) is 5.24. The summed E-state index contributed by atoms with van der Waals surface area (Å²) >= 11 is 7.46. The molecule has 0 spiro atoms. The average Bonchev–Trinajstić information content (AvgIpc) is 2.40. The van der Waals surface area contributed by atoms with Crippen molar-refractivity contribution in [1.29, 1.82) is 0 Å². The molecular weight excluding hydrogens is 288 g/mol. The van der Waals surface area contributed by atoms with Crippen LogP contribution in [0, 0.1) is 20.8 Å². The smallest absolute Gasteiger partial charge is 0.173 e. The highest BCUT2D eigenvalue weighted by Crippen LogP contribution is 2.24. The van der Waals surface area contributed by atoms with E-state index in [1.54, 1.807) is 0 Å². The standard InChI is InChI=1S/C17H17ClOS/c1-11-7-13(3)16(8-12(11)2)17(19)10-20-15-6-4-5-14(18)9-15/h4-9H,10H2,1-3H3. The fraction of sp³-hybridized carbons (Fsp3) is 0.235. The lowest BCUT2D eigenvalue weighted by molar-refractivity contribution is 0.102. The maximum Gasteiger partial charge on any atom is 0.173 e. The van der Waals surface area contributed by atoms with Crippen molar-refractivity contribution < 1.29 is 4.79 Å². The first-order valence-corrected chi connectivity index (χ1v) is 7.83. The molecular formula is C17H17ClOS. The van der Waals surface area contributed by atoms with Crippen molar-refractivity contribution in [3.8, 4) is 0 Å². The third-order valence-corrected chi connectivity index (χ3v) is 4.54. The predicted molar refractivity (Wildman–Crippen MR) is 87.2 cm³/mol. The Morgan fingerprint density at radius 3 is 2.45 bits per heavy atom. The van der Waals surface area contributed by atoms with Crippen LogP contribution in [0.4, 0.5) is 0 Å². The Morgan fingerprint density at radius 1 is 1.05 bits per heavy atom. The van der Waals surface area contributed by atoms with Gasteiger partial charge < -0.3 is 0 Å². The van der Waals surface area contributed by atoms with Gasteiger partial charge in [0.1, 0.15) is 0 Å². The number of thioether (sulfide) groups is 1. The van der Waals surface area contributed by atoms with Crippen LogP contribution in [0.1, 0.15) is 27.0 Å². The van der Waals surface area contributed by atoms with E-state index in [9.17, 15) is 4.79 Å². The van der Waals surface area contributed by atoms with E-state index in [0.29, 0.717) is 10.8 Å². The summed E-state index contributed by atoms with van der Waals surface area (Å²) in [6.45, 7) is 6.09. The zero-order chi connectivity index (χ0) is 14.7. The minimum Gasteiger partial charge on any atom is -0.293 e. The van der Waals surface area contributed by atoms with E-state index < -0.39 is 0 Å². The second-order valence-electron chi connectivity index (χ2n) is 4.92. The molecule has 0 aliphatic carbocycles. The van der Waals surface area contributed by atoms with Crippen LogP contribution in [0.2, 0.25) is 5.02 Å². The Morgan fingerprint density at radius 2 is 1.75 bits per heavy atom. The summed E-state index contributed by atoms with van der Waals surface area (Å²) in [5.74, 6) is 0.597. The molecule has 0 bridgehead atoms. The number of halogens is 1. The van der Waals surface area contributed by atoms with E-state index in [-0.39, 0.29) is 5.78 Å². The summed E-state index contributed by atoms with van der Waals surface area (Å²) in [6, 6.07) is 11.7. The minimum absolute atomic E-state index is 0.163. The Kier molecular flexibility index (Phi) is 4.90. The molecule has 0 unspecified atom stereocenters. The Balaban J connectivity index is 2.11. The zero-order valence-corrected chi connectivity index (χ0v) is 13.4. The molecule has 2 rings (SSSR count). The topological polar surface area (TPSA) is 17.1 Å². The van der Waals surface area contributed by atoms with Gasteiger partial charge in [-0.2, -0.15) is 0 Å². The van der Waals surface area contributed by atoms with E-state index >= 15 is 0 Å². The maximum absolute atomic E-state index is 12.3. The molecule has 0 saturated heterocycles. The van der Waals surface area contributed by atoms with E-state index in [4.69, 9.17) is 11.6 Å². The average molecular weight is 305 g/mol. The van der Waals surface area contributed by atoms with Gasteiger partial charge in [0.15, 0.2) is 5.78 Å². The SMILES string of the molecule is Cc1cc(C)c(C(=O)CSc2cccc(Cl)c2)cc1C. The van der Waals surface area contributed by atoms with Gasteiger partial charge in [0.2, 0.25) is 0 Å². The summed E-state index contributed by atoms with van der Waals surface area (Å²) in [5.41, 5.74) is 4.25. The van der Waals surface area contributed by atoms with E-state index in [0.717, 1.165) is 21.6 Å². The normalized spacial score (nSPS) is 10.6. The maximum atomic E-state index is 12.3. The number of benzene rings is 2. The van der Waals surface area contributed by atoms with Gasteiger partial charge in [-0.15, -0.1) is 11.8 Å². The number of carbonyl (C=O) groups excluding carboxylic acids is 1. The summed E-state index contributed by atoms with van der Waals surface area (Å²) in [5, 5.41) is 0.699. The first-order valence-electron chi connectivity index (χ1n) is 6.47. The highest BCUT2D eigenvalue weighted by atomic mass is 35.5. The summed E-state index contributed by atoms with van der Waals surface area (Å²) in [6.07, 6.45) is 0. The van der Waals surface area contributed by atoms with Crippen LogP contribution < -0.4 is 0 Å². The van der Waals surface area contributed by atoms with Gasteiger partial charge in [-0.05, 0) is 61.7 Å². The van der Waals surface area contributed by atoms with Crippen molar-refractivity contribution in [2.45, 2.75) is 25.7 Å². The van der Waals surface area contributed by atoms with Gasteiger partial charge in [-0.25, -0.2) is 0 Å². The fourth-order valence-electron chi connectivity index (χ4n) is 2.04. The summed E-state index contributed by atoms with van der Waals surface area (Å²) in [7, 11) is 0. The molecule has 0 aliphatic heterocycles. The van der Waals surface area contributed by atoms with Crippen LogP contribution in [0.25, 0.3) is 0 Å². The third kappa shape index (κ3) is 3.65. The molecule has 0 N–H and O–H groups in total. The first kappa shape index (κ1) is 15.1. The van der Waals surface area contributed by atoms with E-state index in [2.05, 4.69) is 13.0 Å². The van der Waals surface area contributed by atoms with Crippen molar-refractivity contribution in [1.82, 2.24) is 0 Å². The highest BCUT2D eigenvalue weighted by Gasteiger charge is 2.11. The van der Waals surface area contributed by atoms with Crippen LogP contribution in [0.15, 0.2) is 41.3 Å². The van der Waals surface area contributed by atoms with Gasteiger partial charge in [0.05, 0.1) is 5.75 Å². The second-order valence-corrected chi connectivity index (χ2v) is 6.41. The molecule has 2 aromatic rings. The molecule has 0 aromatic heterocycles. The number of Topliss-reactive ketones (excluding diaryl/α,β-unsaturated/α-hetero) is 1. The first-order chi connectivity index (χ1) is 9.47. The molecule has 0 amide bonds. The van der Waals surface area contributed by atoms with Crippen molar-refractivity contribution in [2.24, 2.45) is 0 Å². The van der Waals surface area contributed by atoms with Crippen molar-refractivity contribution >= 4 is 29.1 Å². The molecule has 1 nitrogen and oxygen atoms in total. The lowest BCUT2D eigenvalue weighted by Gasteiger charge is -2.09. The monoisotopic (exact) mass is 304 g/mol. The summed E-state index contributed by atoms with van der Waals surface area (Å²) in [4.78, 5) is 13.4. The second kappa shape index (κ2) is 6.47. The van der Waals surface area contributed by atoms with Gasteiger partial charge in [-0.1, -0.05) is 23.7 Å². The number of rotatable bonds is 4. The third-order valence-electron chi connectivity index (χ3n) is 3.31. The molecule has 0 radical (unpaired) electrons. The quantitative estimate of drug-likeness (QED) is 0.567. The van der Waals surface area contributed by atoms with Crippen molar-refractivity contribution in [2.75, 3.05) is 5.75 Å². The van der Waals surface area contributed by atoms with Gasteiger partial charge >= 0.3 is 0 Å². The van der Waals surface area contributed by atoms with Gasteiger partial charge in [-0.3, -0.25) is 4.79 Å². The Labute approximate surface area is 129 Å². The Bertz CT molecular complexity index is 649. The van der Waals surface area contributed by atoms with Crippen LogP contribution in [0.5, 0.6) is 0 Å². The van der Waals surface area contributed by atoms with Gasteiger partial charge in [0.25, 0.3) is 0 Å². The number of carbonyl (C=O) groups is 1. The van der Waals surface area contributed by atoms with Crippen molar-refractivity contribution in [3.05, 3.63) is 63.7 Å². The lowest BCUT2D eigenvalue weighted by atomic mass is 9.99. The molecule has 104 valence electrons. The van der Waals surface area contributed by atoms with Crippen molar-refractivity contribution in [3.63, 3.8) is 0 Å². The molecule has 0 saturated carbocycles. The summed E-state index contributed by atoms with van der Waals surface area (Å²) < 4.78 is 0. The van der Waals surface area contributed by atoms with E-state index in [1.807, 2.05) is 44.2 Å². The molecule has 20 heavy (non-hydrogen) atoms. The molecule has 3 heteroatoms. The van der Waals surface area contributed by atoms with Crippen LogP contribution in [-0.2, 0) is 0 Å². The molecule has 0 fully saturated rings. The van der Waals surface area contributed by atoms with Crippen LogP contribution >= 0.6 is 23.4 Å². The van der Waals surface area contributed by atoms with E-state index in [1.165, 1.54) is 17.3 Å². The zero-order valence-electron chi connectivity index (χ0n) is 11.9. The molecule has 0 aliphatic rings. The number of hydrogen-bond donors (Lipinski definition) is 0. The molecule has 0 atom stereocenters. The number of ketones is 1.